The Morgan fingerprint density at radius 1 is 0.476 bits per heavy atom. The molecule has 0 radical (unpaired) electrons. The van der Waals surface area contributed by atoms with Gasteiger partial charge in [-0.25, -0.2) is 0 Å². The molecule has 0 spiro atoms. The first-order chi connectivity index (χ1) is 30.8. The second-order valence-electron chi connectivity index (χ2n) is 18.7. The summed E-state index contributed by atoms with van der Waals surface area (Å²) < 4.78 is 22.3. The van der Waals surface area contributed by atoms with Crippen molar-refractivity contribution in [3.8, 4) is 0 Å². The van der Waals surface area contributed by atoms with E-state index in [4.69, 9.17) is 18.9 Å². The number of rotatable bonds is 46. The van der Waals surface area contributed by atoms with Crippen LogP contribution in [0, 0.1) is 0 Å². The molecule has 4 N–H and O–H groups in total. The third-order valence-corrected chi connectivity index (χ3v) is 12.7. The lowest BCUT2D eigenvalue weighted by atomic mass is 9.99. The maximum atomic E-state index is 12.8. The van der Waals surface area contributed by atoms with Crippen molar-refractivity contribution in [1.82, 2.24) is 0 Å². The van der Waals surface area contributed by atoms with E-state index < -0.39 is 49.4 Å². The fourth-order valence-corrected chi connectivity index (χ4v) is 8.42. The Balaban J connectivity index is 2.22. The molecule has 1 saturated heterocycles. The summed E-state index contributed by atoms with van der Waals surface area (Å²) in [6.07, 6.45) is 42.2. The molecule has 0 aromatic heterocycles. The van der Waals surface area contributed by atoms with E-state index in [1.165, 1.54) is 173 Å². The highest BCUT2D eigenvalue weighted by molar-refractivity contribution is 5.70. The molecule has 0 bridgehead atoms. The van der Waals surface area contributed by atoms with E-state index in [-0.39, 0.29) is 32.0 Å². The van der Waals surface area contributed by atoms with Gasteiger partial charge < -0.3 is 39.4 Å². The zero-order valence-corrected chi connectivity index (χ0v) is 40.8. The van der Waals surface area contributed by atoms with E-state index in [1.54, 1.807) is 0 Å². The summed E-state index contributed by atoms with van der Waals surface area (Å²) in [6, 6.07) is 0. The summed E-state index contributed by atoms with van der Waals surface area (Å²) in [5.74, 6) is -0.800. The first-order valence-electron chi connectivity index (χ1n) is 26.8. The van der Waals surface area contributed by atoms with Crippen LogP contribution in [0.3, 0.4) is 0 Å². The normalized spacial score (nSPS) is 19.5. The van der Waals surface area contributed by atoms with Crippen LogP contribution in [0.2, 0.25) is 0 Å². The largest absolute Gasteiger partial charge is 0.462 e. The molecule has 0 saturated carbocycles. The molecule has 1 aliphatic rings. The van der Waals surface area contributed by atoms with Gasteiger partial charge in [-0.2, -0.15) is 0 Å². The highest BCUT2D eigenvalue weighted by atomic mass is 16.7. The lowest BCUT2D eigenvalue weighted by molar-refractivity contribution is -0.305. The van der Waals surface area contributed by atoms with Gasteiger partial charge in [0.05, 0.1) is 13.2 Å². The highest BCUT2D eigenvalue weighted by Crippen LogP contribution is 2.23. The first kappa shape index (κ1) is 59.5. The number of hydrogen-bond acceptors (Lipinski definition) is 10. The van der Waals surface area contributed by atoms with Crippen molar-refractivity contribution in [2.45, 2.75) is 295 Å². The van der Waals surface area contributed by atoms with E-state index in [9.17, 15) is 30.0 Å². The summed E-state index contributed by atoms with van der Waals surface area (Å²) >= 11 is 0. The lowest BCUT2D eigenvalue weighted by Gasteiger charge is -2.39. The van der Waals surface area contributed by atoms with Gasteiger partial charge in [0.1, 0.15) is 31.0 Å². The summed E-state index contributed by atoms with van der Waals surface area (Å²) in [5.41, 5.74) is 0. The van der Waals surface area contributed by atoms with Crippen molar-refractivity contribution in [1.29, 1.82) is 0 Å². The molecule has 6 atom stereocenters. The molecule has 1 rings (SSSR count). The molecule has 1 fully saturated rings. The number of aliphatic hydroxyl groups excluding tert-OH is 4. The van der Waals surface area contributed by atoms with Gasteiger partial charge in [0, 0.05) is 12.8 Å². The SMILES string of the molecule is CCCCCCCCC/C=C\CCCCCCCC(=O)OC(COC(=O)CCCCCCCCCCCCCCCCCCCCCCCC)COC1OC(CO)C(O)C(O)C1O. The Kier molecular flexibility index (Phi) is 41.8. The molecule has 1 aliphatic heterocycles. The van der Waals surface area contributed by atoms with Crippen LogP contribution < -0.4 is 0 Å². The predicted octanol–water partition coefficient (Wildman–Crippen LogP) is 12.7. The van der Waals surface area contributed by atoms with Crippen molar-refractivity contribution < 1.29 is 49.0 Å². The number of carbonyl (C=O) groups excluding carboxylic acids is 2. The van der Waals surface area contributed by atoms with Gasteiger partial charge in [0.2, 0.25) is 0 Å². The topological polar surface area (TPSA) is 152 Å². The van der Waals surface area contributed by atoms with E-state index in [1.807, 2.05) is 0 Å². The molecule has 63 heavy (non-hydrogen) atoms. The monoisotopic (exact) mass is 897 g/mol. The van der Waals surface area contributed by atoms with Crippen LogP contribution in [-0.2, 0) is 28.5 Å². The molecule has 0 aromatic carbocycles. The minimum Gasteiger partial charge on any atom is -0.462 e. The highest BCUT2D eigenvalue weighted by Gasteiger charge is 2.44. The van der Waals surface area contributed by atoms with E-state index >= 15 is 0 Å². The number of ether oxygens (including phenoxy) is 4. The standard InChI is InChI=1S/C53H100O10/c1-3-5-7-9-11-13-15-17-19-21-22-23-24-25-26-28-29-31-33-35-37-39-41-48(55)60-44-46(45-61-53-52(59)51(58)50(57)47(43-54)63-53)62-49(56)42-40-38-36-34-32-30-27-20-18-16-14-12-10-8-6-4-2/h20,27,46-47,50-54,57-59H,3-19,21-26,28-45H2,1-2H3/b27-20-. The molecule has 0 amide bonds. The minimum absolute atomic E-state index is 0.215. The smallest absolute Gasteiger partial charge is 0.306 e. The Hall–Kier alpha value is -1.56. The summed E-state index contributed by atoms with van der Waals surface area (Å²) in [4.78, 5) is 25.5. The summed E-state index contributed by atoms with van der Waals surface area (Å²) in [5, 5.41) is 40.2. The first-order valence-corrected chi connectivity index (χ1v) is 26.8. The molecule has 0 aliphatic carbocycles. The van der Waals surface area contributed by atoms with Crippen molar-refractivity contribution in [2.75, 3.05) is 19.8 Å². The van der Waals surface area contributed by atoms with Crippen molar-refractivity contribution in [3.63, 3.8) is 0 Å². The number of hydrogen-bond donors (Lipinski definition) is 4. The Labute approximate surface area is 386 Å². The van der Waals surface area contributed by atoms with Gasteiger partial charge in [-0.05, 0) is 38.5 Å². The molecule has 372 valence electrons. The number of esters is 2. The van der Waals surface area contributed by atoms with Crippen LogP contribution in [0.5, 0.6) is 0 Å². The second kappa shape index (κ2) is 44.3. The maximum absolute atomic E-state index is 12.8. The number of unbranched alkanes of at least 4 members (excludes halogenated alkanes) is 33. The molecule has 1 heterocycles. The fraction of sp³-hybridized carbons (Fsp3) is 0.925. The third kappa shape index (κ3) is 35.3. The van der Waals surface area contributed by atoms with Gasteiger partial charge in [0.15, 0.2) is 12.4 Å². The number of aliphatic hydroxyl groups is 4. The van der Waals surface area contributed by atoms with E-state index in [0.717, 1.165) is 51.4 Å². The Bertz CT molecular complexity index is 1040. The van der Waals surface area contributed by atoms with E-state index in [2.05, 4.69) is 26.0 Å². The van der Waals surface area contributed by atoms with Gasteiger partial charge in [-0.15, -0.1) is 0 Å². The predicted molar refractivity (Wildman–Crippen MR) is 256 cm³/mol. The fourth-order valence-electron chi connectivity index (χ4n) is 8.42. The quantitative estimate of drug-likeness (QED) is 0.0264. The summed E-state index contributed by atoms with van der Waals surface area (Å²) in [7, 11) is 0. The van der Waals surface area contributed by atoms with E-state index in [0.29, 0.717) is 6.42 Å². The average Bonchev–Trinajstić information content (AvgIpc) is 3.28. The van der Waals surface area contributed by atoms with Gasteiger partial charge in [0.25, 0.3) is 0 Å². The number of carbonyl (C=O) groups is 2. The van der Waals surface area contributed by atoms with Crippen LogP contribution in [0.4, 0.5) is 0 Å². The van der Waals surface area contributed by atoms with Crippen LogP contribution in [0.1, 0.15) is 258 Å². The van der Waals surface area contributed by atoms with Gasteiger partial charge >= 0.3 is 11.9 Å². The van der Waals surface area contributed by atoms with Gasteiger partial charge in [-0.1, -0.05) is 219 Å². The molecule has 10 nitrogen and oxygen atoms in total. The Morgan fingerprint density at radius 3 is 1.24 bits per heavy atom. The average molecular weight is 897 g/mol. The van der Waals surface area contributed by atoms with Crippen LogP contribution >= 0.6 is 0 Å². The summed E-state index contributed by atoms with van der Waals surface area (Å²) in [6.45, 7) is 3.46. The van der Waals surface area contributed by atoms with Crippen LogP contribution in [0.25, 0.3) is 0 Å². The van der Waals surface area contributed by atoms with Crippen molar-refractivity contribution in [2.24, 2.45) is 0 Å². The molecule has 6 unspecified atom stereocenters. The zero-order chi connectivity index (χ0) is 45.9. The molecule has 0 aromatic rings. The molecular weight excluding hydrogens is 797 g/mol. The van der Waals surface area contributed by atoms with Gasteiger partial charge in [-0.3, -0.25) is 9.59 Å². The van der Waals surface area contributed by atoms with Crippen molar-refractivity contribution in [3.05, 3.63) is 12.2 Å². The third-order valence-electron chi connectivity index (χ3n) is 12.7. The lowest BCUT2D eigenvalue weighted by Crippen LogP contribution is -2.59. The number of allylic oxidation sites excluding steroid dienone is 2. The maximum Gasteiger partial charge on any atom is 0.306 e. The van der Waals surface area contributed by atoms with Crippen molar-refractivity contribution >= 4 is 11.9 Å². The minimum atomic E-state index is -1.59. The van der Waals surface area contributed by atoms with Crippen LogP contribution in [0.15, 0.2) is 12.2 Å². The molecular formula is C53H100O10. The van der Waals surface area contributed by atoms with Crippen LogP contribution in [-0.4, -0.2) is 89.0 Å². The second-order valence-corrected chi connectivity index (χ2v) is 18.7. The Morgan fingerprint density at radius 2 is 0.841 bits per heavy atom. The molecule has 10 heteroatoms. The zero-order valence-electron chi connectivity index (χ0n) is 40.8.